The van der Waals surface area contributed by atoms with Crippen LogP contribution in [-0.2, 0) is 11.2 Å². The predicted molar refractivity (Wildman–Crippen MR) is 67.0 cm³/mol. The van der Waals surface area contributed by atoms with Crippen LogP contribution in [0.25, 0.3) is 0 Å². The van der Waals surface area contributed by atoms with Gasteiger partial charge in [0.05, 0.1) is 6.42 Å². The fraction of sp³-hybridized carbons (Fsp3) is 0.333. The number of aromatic nitrogens is 4. The molecule has 1 aromatic carbocycles. The van der Waals surface area contributed by atoms with Crippen molar-refractivity contribution < 1.29 is 4.79 Å². The Morgan fingerprint density at radius 1 is 1.39 bits per heavy atom. The van der Waals surface area contributed by atoms with E-state index in [0.29, 0.717) is 11.7 Å². The van der Waals surface area contributed by atoms with Gasteiger partial charge in [0.15, 0.2) is 5.82 Å². The van der Waals surface area contributed by atoms with Crippen LogP contribution in [0, 0.1) is 0 Å². The van der Waals surface area contributed by atoms with E-state index in [2.05, 4.69) is 39.8 Å². The highest BCUT2D eigenvalue weighted by Gasteiger charge is 2.11. The average Bonchev–Trinajstić information content (AvgIpc) is 2.82. The molecule has 0 atom stereocenters. The van der Waals surface area contributed by atoms with Crippen molar-refractivity contribution in [3.8, 4) is 0 Å². The fourth-order valence-corrected chi connectivity index (χ4v) is 1.71. The van der Waals surface area contributed by atoms with Crippen molar-refractivity contribution in [1.82, 2.24) is 20.6 Å². The van der Waals surface area contributed by atoms with Crippen LogP contribution < -0.4 is 5.32 Å². The van der Waals surface area contributed by atoms with E-state index in [9.17, 15) is 4.79 Å². The Hall–Kier alpha value is -2.24. The molecule has 0 aliphatic heterocycles. The van der Waals surface area contributed by atoms with Gasteiger partial charge in [0, 0.05) is 5.69 Å². The molecule has 18 heavy (non-hydrogen) atoms. The van der Waals surface area contributed by atoms with Crippen molar-refractivity contribution in [3.05, 3.63) is 35.7 Å². The van der Waals surface area contributed by atoms with Crippen molar-refractivity contribution >= 4 is 11.6 Å². The van der Waals surface area contributed by atoms with Gasteiger partial charge in [-0.15, -0.1) is 10.2 Å². The normalized spacial score (nSPS) is 10.6. The van der Waals surface area contributed by atoms with Gasteiger partial charge in [0.1, 0.15) is 0 Å². The van der Waals surface area contributed by atoms with Crippen LogP contribution in [0.15, 0.2) is 24.3 Å². The number of rotatable bonds is 4. The number of carbonyl (C=O) groups excluding carboxylic acids is 1. The zero-order chi connectivity index (χ0) is 13.0. The van der Waals surface area contributed by atoms with Crippen molar-refractivity contribution in [3.63, 3.8) is 0 Å². The molecule has 0 saturated carbocycles. The van der Waals surface area contributed by atoms with Gasteiger partial charge in [-0.25, -0.2) is 0 Å². The maximum Gasteiger partial charge on any atom is 0.232 e. The molecule has 1 aromatic heterocycles. The Morgan fingerprint density at radius 2 is 2.17 bits per heavy atom. The SMILES string of the molecule is CC(C)c1ccccc1NC(=O)Cc1nn[nH]n1. The van der Waals surface area contributed by atoms with Gasteiger partial charge in [0.2, 0.25) is 5.91 Å². The topological polar surface area (TPSA) is 83.6 Å². The first kappa shape index (κ1) is 12.2. The van der Waals surface area contributed by atoms with Gasteiger partial charge in [0.25, 0.3) is 0 Å². The van der Waals surface area contributed by atoms with Crippen LogP contribution in [0.4, 0.5) is 5.69 Å². The summed E-state index contributed by atoms with van der Waals surface area (Å²) in [5.41, 5.74) is 1.94. The summed E-state index contributed by atoms with van der Waals surface area (Å²) in [5.74, 6) is 0.589. The first-order valence-electron chi connectivity index (χ1n) is 5.78. The van der Waals surface area contributed by atoms with E-state index >= 15 is 0 Å². The highest BCUT2D eigenvalue weighted by atomic mass is 16.1. The van der Waals surface area contributed by atoms with Crippen molar-refractivity contribution in [2.24, 2.45) is 0 Å². The van der Waals surface area contributed by atoms with Gasteiger partial charge in [-0.3, -0.25) is 4.79 Å². The summed E-state index contributed by atoms with van der Waals surface area (Å²) in [4.78, 5) is 11.8. The third-order valence-electron chi connectivity index (χ3n) is 2.56. The quantitative estimate of drug-likeness (QED) is 0.855. The number of anilines is 1. The Bertz CT molecular complexity index is 521. The molecule has 94 valence electrons. The van der Waals surface area contributed by atoms with E-state index < -0.39 is 0 Å². The first-order chi connectivity index (χ1) is 8.66. The minimum Gasteiger partial charge on any atom is -0.325 e. The van der Waals surface area contributed by atoms with E-state index in [-0.39, 0.29) is 12.3 Å². The number of para-hydroxylation sites is 1. The first-order valence-corrected chi connectivity index (χ1v) is 5.78. The molecule has 0 saturated heterocycles. The molecule has 2 N–H and O–H groups in total. The summed E-state index contributed by atoms with van der Waals surface area (Å²) < 4.78 is 0. The Labute approximate surface area is 105 Å². The maximum absolute atomic E-state index is 11.8. The van der Waals surface area contributed by atoms with Crippen LogP contribution in [0.1, 0.15) is 31.2 Å². The molecule has 0 unspecified atom stereocenters. The monoisotopic (exact) mass is 245 g/mol. The number of aromatic amines is 1. The van der Waals surface area contributed by atoms with E-state index in [1.54, 1.807) is 0 Å². The summed E-state index contributed by atoms with van der Waals surface area (Å²) >= 11 is 0. The average molecular weight is 245 g/mol. The molecule has 6 nitrogen and oxygen atoms in total. The second-order valence-corrected chi connectivity index (χ2v) is 4.29. The standard InChI is InChI=1S/C12H15N5O/c1-8(2)9-5-3-4-6-10(9)13-12(18)7-11-14-16-17-15-11/h3-6,8H,7H2,1-2H3,(H,13,18)(H,14,15,16,17). The molecule has 1 heterocycles. The Kier molecular flexibility index (Phi) is 3.66. The minimum absolute atomic E-state index is 0.114. The third kappa shape index (κ3) is 2.91. The molecule has 2 aromatic rings. The molecule has 0 fully saturated rings. The van der Waals surface area contributed by atoms with E-state index in [1.807, 2.05) is 24.3 Å². The fourth-order valence-electron chi connectivity index (χ4n) is 1.71. The van der Waals surface area contributed by atoms with Crippen LogP contribution in [0.5, 0.6) is 0 Å². The zero-order valence-corrected chi connectivity index (χ0v) is 10.3. The number of amides is 1. The van der Waals surface area contributed by atoms with Crippen LogP contribution in [-0.4, -0.2) is 26.5 Å². The second-order valence-electron chi connectivity index (χ2n) is 4.29. The molecule has 0 aliphatic carbocycles. The lowest BCUT2D eigenvalue weighted by atomic mass is 10.0. The third-order valence-corrected chi connectivity index (χ3v) is 2.56. The molecule has 0 bridgehead atoms. The molecule has 6 heteroatoms. The highest BCUT2D eigenvalue weighted by Crippen LogP contribution is 2.23. The smallest absolute Gasteiger partial charge is 0.232 e. The lowest BCUT2D eigenvalue weighted by Crippen LogP contribution is -2.16. The number of carbonyl (C=O) groups is 1. The lowest BCUT2D eigenvalue weighted by molar-refractivity contribution is -0.115. The Balaban J connectivity index is 2.07. The van der Waals surface area contributed by atoms with Crippen LogP contribution in [0.3, 0.4) is 0 Å². The van der Waals surface area contributed by atoms with Crippen LogP contribution in [0.2, 0.25) is 0 Å². The molecule has 1 amide bonds. The number of benzene rings is 1. The molecule has 0 radical (unpaired) electrons. The van der Waals surface area contributed by atoms with E-state index in [1.165, 1.54) is 0 Å². The molecule has 0 aliphatic rings. The zero-order valence-electron chi connectivity index (χ0n) is 10.3. The summed E-state index contributed by atoms with van der Waals surface area (Å²) in [7, 11) is 0. The lowest BCUT2D eigenvalue weighted by Gasteiger charge is -2.12. The number of tetrazole rings is 1. The van der Waals surface area contributed by atoms with E-state index in [4.69, 9.17) is 0 Å². The summed E-state index contributed by atoms with van der Waals surface area (Å²) in [6, 6.07) is 7.76. The van der Waals surface area contributed by atoms with Gasteiger partial charge >= 0.3 is 0 Å². The molecular formula is C12H15N5O. The number of nitrogens with one attached hydrogen (secondary N) is 2. The summed E-state index contributed by atoms with van der Waals surface area (Å²) in [5, 5.41) is 16.1. The van der Waals surface area contributed by atoms with Gasteiger partial charge < -0.3 is 5.32 Å². The number of hydrogen-bond acceptors (Lipinski definition) is 4. The number of nitrogens with zero attached hydrogens (tertiary/aromatic N) is 3. The van der Waals surface area contributed by atoms with Gasteiger partial charge in [-0.1, -0.05) is 37.3 Å². The predicted octanol–water partition coefficient (Wildman–Crippen LogP) is 1.50. The minimum atomic E-state index is -0.149. The molecule has 0 spiro atoms. The number of H-pyrrole nitrogens is 1. The number of hydrogen-bond donors (Lipinski definition) is 2. The Morgan fingerprint density at radius 3 is 2.83 bits per heavy atom. The van der Waals surface area contributed by atoms with Crippen molar-refractivity contribution in [1.29, 1.82) is 0 Å². The highest BCUT2D eigenvalue weighted by molar-refractivity contribution is 5.92. The van der Waals surface area contributed by atoms with Crippen molar-refractivity contribution in [2.45, 2.75) is 26.2 Å². The van der Waals surface area contributed by atoms with Gasteiger partial charge in [-0.2, -0.15) is 5.21 Å². The summed E-state index contributed by atoms with van der Waals surface area (Å²) in [6.07, 6.45) is 0.114. The van der Waals surface area contributed by atoms with Crippen molar-refractivity contribution in [2.75, 3.05) is 5.32 Å². The molecular weight excluding hydrogens is 230 g/mol. The maximum atomic E-state index is 11.8. The molecule has 2 rings (SSSR count). The van der Waals surface area contributed by atoms with E-state index in [0.717, 1.165) is 11.3 Å². The van der Waals surface area contributed by atoms with Crippen LogP contribution >= 0.6 is 0 Å². The summed E-state index contributed by atoms with van der Waals surface area (Å²) in [6.45, 7) is 4.17. The van der Waals surface area contributed by atoms with Gasteiger partial charge in [-0.05, 0) is 17.5 Å². The largest absolute Gasteiger partial charge is 0.325 e. The second kappa shape index (κ2) is 5.39.